The first-order valence-corrected chi connectivity index (χ1v) is 6.19. The third-order valence-corrected chi connectivity index (χ3v) is 3.18. The second-order valence-electron chi connectivity index (χ2n) is 4.20. The number of nitrogens with zero attached hydrogens (tertiary/aromatic N) is 1. The highest BCUT2D eigenvalue weighted by Crippen LogP contribution is 2.24. The van der Waals surface area contributed by atoms with Crippen molar-refractivity contribution in [3.8, 4) is 0 Å². The summed E-state index contributed by atoms with van der Waals surface area (Å²) in [7, 11) is 2.07. The van der Waals surface area contributed by atoms with Gasteiger partial charge in [-0.05, 0) is 42.3 Å². The van der Waals surface area contributed by atoms with E-state index in [-0.39, 0.29) is 0 Å². The number of rotatable bonds is 3. The minimum absolute atomic E-state index is 0.564. The van der Waals surface area contributed by atoms with E-state index in [1.54, 1.807) is 0 Å². The van der Waals surface area contributed by atoms with E-state index in [0.29, 0.717) is 5.88 Å². The van der Waals surface area contributed by atoms with Crippen LogP contribution >= 0.6 is 11.6 Å². The maximum atomic E-state index is 5.78. The minimum Gasteiger partial charge on any atom is -0.345 e. The fraction of sp³-hybridized carbons (Fsp3) is 0.200. The molecule has 0 saturated heterocycles. The summed E-state index contributed by atoms with van der Waals surface area (Å²) >= 11 is 5.78. The lowest BCUT2D eigenvalue weighted by molar-refractivity contribution is 1.20. The zero-order chi connectivity index (χ0) is 12.3. The van der Waals surface area contributed by atoms with Crippen LogP contribution in [0.2, 0.25) is 0 Å². The van der Waals surface area contributed by atoms with E-state index in [0.717, 1.165) is 5.56 Å². The first-order valence-electron chi connectivity index (χ1n) is 5.66. The lowest BCUT2D eigenvalue weighted by atomic mass is 10.2. The fourth-order valence-corrected chi connectivity index (χ4v) is 1.97. The van der Waals surface area contributed by atoms with E-state index in [4.69, 9.17) is 11.6 Å². The Morgan fingerprint density at radius 2 is 1.71 bits per heavy atom. The Kier molecular flexibility index (Phi) is 3.70. The van der Waals surface area contributed by atoms with E-state index in [2.05, 4.69) is 67.4 Å². The van der Waals surface area contributed by atoms with Crippen LogP contribution in [0.25, 0.3) is 0 Å². The van der Waals surface area contributed by atoms with Gasteiger partial charge in [-0.2, -0.15) is 0 Å². The fourth-order valence-electron chi connectivity index (χ4n) is 1.79. The van der Waals surface area contributed by atoms with Crippen LogP contribution in [-0.2, 0) is 5.88 Å². The molecular formula is C15H16ClN. The van der Waals surface area contributed by atoms with E-state index in [9.17, 15) is 0 Å². The van der Waals surface area contributed by atoms with Crippen molar-refractivity contribution in [1.82, 2.24) is 0 Å². The van der Waals surface area contributed by atoms with Crippen molar-refractivity contribution in [2.45, 2.75) is 12.8 Å². The molecule has 0 atom stereocenters. The Morgan fingerprint density at radius 3 is 2.29 bits per heavy atom. The van der Waals surface area contributed by atoms with Gasteiger partial charge in [-0.3, -0.25) is 0 Å². The molecule has 0 unspecified atom stereocenters. The van der Waals surface area contributed by atoms with Crippen molar-refractivity contribution >= 4 is 23.0 Å². The van der Waals surface area contributed by atoms with Crippen LogP contribution in [0.5, 0.6) is 0 Å². The summed E-state index contributed by atoms with van der Waals surface area (Å²) in [6.07, 6.45) is 0. The number of aryl methyl sites for hydroxylation is 1. The van der Waals surface area contributed by atoms with Crippen LogP contribution in [0.15, 0.2) is 48.5 Å². The molecule has 88 valence electrons. The van der Waals surface area contributed by atoms with Crippen LogP contribution < -0.4 is 4.90 Å². The predicted molar refractivity (Wildman–Crippen MR) is 75.2 cm³/mol. The first-order chi connectivity index (χ1) is 8.20. The van der Waals surface area contributed by atoms with Gasteiger partial charge in [0, 0.05) is 24.3 Å². The van der Waals surface area contributed by atoms with Gasteiger partial charge in [-0.1, -0.05) is 24.3 Å². The number of halogens is 1. The number of alkyl halides is 1. The maximum absolute atomic E-state index is 5.78. The Bertz CT molecular complexity index is 491. The smallest absolute Gasteiger partial charge is 0.0474 e. The highest BCUT2D eigenvalue weighted by atomic mass is 35.5. The molecule has 0 saturated carbocycles. The second-order valence-corrected chi connectivity index (χ2v) is 4.47. The molecule has 2 aromatic carbocycles. The molecule has 0 spiro atoms. The largest absolute Gasteiger partial charge is 0.345 e. The molecule has 0 bridgehead atoms. The molecule has 0 radical (unpaired) electrons. The monoisotopic (exact) mass is 245 g/mol. The summed E-state index contributed by atoms with van der Waals surface area (Å²) in [5, 5.41) is 0. The zero-order valence-electron chi connectivity index (χ0n) is 10.2. The van der Waals surface area contributed by atoms with Gasteiger partial charge in [0.25, 0.3) is 0 Å². The summed E-state index contributed by atoms with van der Waals surface area (Å²) < 4.78 is 0. The average molecular weight is 246 g/mol. The zero-order valence-corrected chi connectivity index (χ0v) is 10.9. The normalized spacial score (nSPS) is 10.3. The minimum atomic E-state index is 0.564. The van der Waals surface area contributed by atoms with Crippen molar-refractivity contribution in [3.63, 3.8) is 0 Å². The van der Waals surface area contributed by atoms with Crippen molar-refractivity contribution < 1.29 is 0 Å². The van der Waals surface area contributed by atoms with Crippen molar-refractivity contribution in [1.29, 1.82) is 0 Å². The van der Waals surface area contributed by atoms with Gasteiger partial charge in [0.1, 0.15) is 0 Å². The lowest BCUT2D eigenvalue weighted by Crippen LogP contribution is -2.09. The summed E-state index contributed by atoms with van der Waals surface area (Å²) in [6.45, 7) is 2.11. The van der Waals surface area contributed by atoms with Crippen molar-refractivity contribution in [3.05, 3.63) is 59.7 Å². The summed E-state index contributed by atoms with van der Waals surface area (Å²) in [6, 6.07) is 16.8. The van der Waals surface area contributed by atoms with Gasteiger partial charge in [0.2, 0.25) is 0 Å². The van der Waals surface area contributed by atoms with Crippen LogP contribution in [0.4, 0.5) is 11.4 Å². The molecule has 0 aliphatic heterocycles. The summed E-state index contributed by atoms with van der Waals surface area (Å²) in [4.78, 5) is 2.17. The second kappa shape index (κ2) is 5.24. The van der Waals surface area contributed by atoms with Gasteiger partial charge < -0.3 is 4.90 Å². The van der Waals surface area contributed by atoms with Crippen LogP contribution in [-0.4, -0.2) is 7.05 Å². The molecule has 0 heterocycles. The third kappa shape index (κ3) is 2.80. The van der Waals surface area contributed by atoms with Gasteiger partial charge >= 0.3 is 0 Å². The average Bonchev–Trinajstić information content (AvgIpc) is 2.38. The van der Waals surface area contributed by atoms with E-state index >= 15 is 0 Å². The summed E-state index contributed by atoms with van der Waals surface area (Å²) in [5.74, 6) is 0.564. The molecule has 0 fully saturated rings. The highest BCUT2D eigenvalue weighted by Gasteiger charge is 2.03. The molecule has 1 nitrogen and oxygen atoms in total. The molecule has 0 aromatic heterocycles. The predicted octanol–water partition coefficient (Wildman–Crippen LogP) is 4.50. The van der Waals surface area contributed by atoms with Gasteiger partial charge in [-0.15, -0.1) is 11.6 Å². The molecule has 2 heteroatoms. The molecule has 0 aliphatic carbocycles. The van der Waals surface area contributed by atoms with Crippen LogP contribution in [0.3, 0.4) is 0 Å². The molecule has 2 aromatic rings. The van der Waals surface area contributed by atoms with Gasteiger partial charge in [-0.25, -0.2) is 0 Å². The Hall–Kier alpha value is -1.47. The number of benzene rings is 2. The van der Waals surface area contributed by atoms with Crippen molar-refractivity contribution in [2.75, 3.05) is 11.9 Å². The Labute approximate surface area is 108 Å². The summed E-state index contributed by atoms with van der Waals surface area (Å²) in [5.41, 5.74) is 4.79. The Balaban J connectivity index is 2.27. The first kappa shape index (κ1) is 12.0. The van der Waals surface area contributed by atoms with Gasteiger partial charge in [0.05, 0.1) is 0 Å². The molecule has 0 aliphatic rings. The quantitative estimate of drug-likeness (QED) is 0.720. The van der Waals surface area contributed by atoms with Crippen molar-refractivity contribution in [2.24, 2.45) is 0 Å². The SMILES string of the molecule is Cc1cccc(N(C)c2ccc(CCl)cc2)c1. The lowest BCUT2D eigenvalue weighted by Gasteiger charge is -2.20. The Morgan fingerprint density at radius 1 is 1.00 bits per heavy atom. The van der Waals surface area contributed by atoms with E-state index in [1.807, 2.05) is 0 Å². The third-order valence-electron chi connectivity index (χ3n) is 2.87. The van der Waals surface area contributed by atoms with E-state index < -0.39 is 0 Å². The number of hydrogen-bond acceptors (Lipinski definition) is 1. The maximum Gasteiger partial charge on any atom is 0.0474 e. The van der Waals surface area contributed by atoms with Gasteiger partial charge in [0.15, 0.2) is 0 Å². The molecule has 17 heavy (non-hydrogen) atoms. The number of anilines is 2. The standard InChI is InChI=1S/C15H16ClN/c1-12-4-3-5-15(10-12)17(2)14-8-6-13(11-16)7-9-14/h3-10H,11H2,1-2H3. The molecule has 0 N–H and O–H groups in total. The molecule has 2 rings (SSSR count). The highest BCUT2D eigenvalue weighted by molar-refractivity contribution is 6.17. The van der Waals surface area contributed by atoms with Crippen LogP contribution in [0.1, 0.15) is 11.1 Å². The topological polar surface area (TPSA) is 3.24 Å². The van der Waals surface area contributed by atoms with E-state index in [1.165, 1.54) is 16.9 Å². The molecule has 0 amide bonds. The number of hydrogen-bond donors (Lipinski definition) is 0. The molecular weight excluding hydrogens is 230 g/mol. The van der Waals surface area contributed by atoms with Crippen LogP contribution in [0, 0.1) is 6.92 Å².